The molecular weight excluding hydrogens is 476 g/mol. The highest BCUT2D eigenvalue weighted by molar-refractivity contribution is 5.91. The van der Waals surface area contributed by atoms with Crippen LogP contribution in [0.3, 0.4) is 0 Å². The molecule has 3 aliphatic heterocycles. The molecule has 0 aromatic heterocycles. The Labute approximate surface area is 221 Å². The third-order valence-electron chi connectivity index (χ3n) is 7.63. The number of hydrogen-bond acceptors (Lipinski definition) is 6. The number of nitrogens with one attached hydrogen (secondary N) is 3. The van der Waals surface area contributed by atoms with Crippen molar-refractivity contribution in [3.63, 3.8) is 0 Å². The molecule has 0 bridgehead atoms. The molecule has 210 valence electrons. The molecule has 3 fully saturated rings. The van der Waals surface area contributed by atoms with Crippen LogP contribution in [0.2, 0.25) is 0 Å². The standard InChI is InChI=1S/C26H46N6O5/c1-16(2)28-24(35)32-15-19(37-25(36)30-12-9-8-10-13-30)20-18(32)11-14-31(20)23(34)21(26(4,5)6)29-22(33)17(3)27-7/h16-21,27H,8-15H2,1-7H3,(H,28,35)(H,29,33). The zero-order valence-corrected chi connectivity index (χ0v) is 23.5. The molecular formula is C26H46N6O5. The topological polar surface area (TPSA) is 123 Å². The molecule has 0 aromatic rings. The Morgan fingerprint density at radius 1 is 0.919 bits per heavy atom. The Hall–Kier alpha value is -2.56. The van der Waals surface area contributed by atoms with Crippen molar-refractivity contribution in [3.8, 4) is 0 Å². The first-order valence-electron chi connectivity index (χ1n) is 13.7. The smallest absolute Gasteiger partial charge is 0.410 e. The van der Waals surface area contributed by atoms with Gasteiger partial charge in [0.1, 0.15) is 12.1 Å². The van der Waals surface area contributed by atoms with Gasteiger partial charge in [0.15, 0.2) is 0 Å². The van der Waals surface area contributed by atoms with E-state index in [2.05, 4.69) is 16.0 Å². The van der Waals surface area contributed by atoms with Crippen LogP contribution < -0.4 is 16.0 Å². The van der Waals surface area contributed by atoms with Crippen LogP contribution in [0.25, 0.3) is 0 Å². The number of likely N-dealkylation sites (tertiary alicyclic amines) is 3. The highest BCUT2D eigenvalue weighted by Gasteiger charge is 2.55. The molecule has 0 spiro atoms. The van der Waals surface area contributed by atoms with Gasteiger partial charge in [0.2, 0.25) is 11.8 Å². The average Bonchev–Trinajstić information content (AvgIpc) is 3.42. The molecule has 37 heavy (non-hydrogen) atoms. The molecule has 0 aromatic carbocycles. The van der Waals surface area contributed by atoms with E-state index in [1.807, 2.05) is 34.6 Å². The molecule has 3 aliphatic rings. The lowest BCUT2D eigenvalue weighted by molar-refractivity contribution is -0.142. The second-order valence-electron chi connectivity index (χ2n) is 11.9. The van der Waals surface area contributed by atoms with Gasteiger partial charge in [-0.3, -0.25) is 9.59 Å². The van der Waals surface area contributed by atoms with Crippen LogP contribution in [-0.2, 0) is 14.3 Å². The van der Waals surface area contributed by atoms with E-state index in [1.54, 1.807) is 28.7 Å². The third kappa shape index (κ3) is 6.66. The predicted molar refractivity (Wildman–Crippen MR) is 140 cm³/mol. The lowest BCUT2D eigenvalue weighted by Gasteiger charge is -2.37. The summed E-state index contributed by atoms with van der Waals surface area (Å²) >= 11 is 0. The van der Waals surface area contributed by atoms with E-state index in [4.69, 9.17) is 4.74 Å². The number of nitrogens with zero attached hydrogens (tertiary/aromatic N) is 3. The second-order valence-corrected chi connectivity index (χ2v) is 11.9. The van der Waals surface area contributed by atoms with Gasteiger partial charge in [0.05, 0.1) is 24.7 Å². The maximum Gasteiger partial charge on any atom is 0.410 e. The Morgan fingerprint density at radius 3 is 2.14 bits per heavy atom. The third-order valence-corrected chi connectivity index (χ3v) is 7.63. The Kier molecular flexibility index (Phi) is 9.31. The van der Waals surface area contributed by atoms with E-state index in [-0.39, 0.29) is 36.5 Å². The van der Waals surface area contributed by atoms with Gasteiger partial charge >= 0.3 is 12.1 Å². The Morgan fingerprint density at radius 2 is 1.57 bits per heavy atom. The summed E-state index contributed by atoms with van der Waals surface area (Å²) < 4.78 is 6.01. The first-order valence-corrected chi connectivity index (χ1v) is 13.7. The van der Waals surface area contributed by atoms with E-state index in [9.17, 15) is 19.2 Å². The zero-order valence-electron chi connectivity index (χ0n) is 23.5. The van der Waals surface area contributed by atoms with E-state index < -0.39 is 35.7 Å². The normalized spacial score (nSPS) is 25.5. The van der Waals surface area contributed by atoms with E-state index in [1.165, 1.54) is 0 Å². The van der Waals surface area contributed by atoms with Crippen LogP contribution >= 0.6 is 0 Å². The predicted octanol–water partition coefficient (Wildman–Crippen LogP) is 1.52. The number of likely N-dealkylation sites (N-methyl/N-ethyl adjacent to an activating group) is 1. The molecule has 5 amide bonds. The fraction of sp³-hybridized carbons (Fsp3) is 0.846. The van der Waals surface area contributed by atoms with Crippen molar-refractivity contribution in [2.45, 2.75) is 104 Å². The van der Waals surface area contributed by atoms with Gasteiger partial charge in [0.25, 0.3) is 0 Å². The molecule has 0 aliphatic carbocycles. The highest BCUT2D eigenvalue weighted by atomic mass is 16.6. The number of carbonyl (C=O) groups is 4. The molecule has 0 radical (unpaired) electrons. The van der Waals surface area contributed by atoms with Gasteiger partial charge in [-0.15, -0.1) is 0 Å². The van der Waals surface area contributed by atoms with Gasteiger partial charge in [-0.25, -0.2) is 9.59 Å². The van der Waals surface area contributed by atoms with Crippen molar-refractivity contribution in [2.75, 3.05) is 33.2 Å². The van der Waals surface area contributed by atoms with Crippen LogP contribution in [0.5, 0.6) is 0 Å². The molecule has 5 atom stereocenters. The van der Waals surface area contributed by atoms with Gasteiger partial charge in [-0.1, -0.05) is 20.8 Å². The minimum absolute atomic E-state index is 0.0466. The first-order chi connectivity index (χ1) is 17.3. The van der Waals surface area contributed by atoms with Crippen LogP contribution in [0.4, 0.5) is 9.59 Å². The van der Waals surface area contributed by atoms with Crippen molar-refractivity contribution in [3.05, 3.63) is 0 Å². The summed E-state index contributed by atoms with van der Waals surface area (Å²) in [6, 6.07) is -2.23. The lowest BCUT2D eigenvalue weighted by atomic mass is 9.85. The summed E-state index contributed by atoms with van der Waals surface area (Å²) in [5.41, 5.74) is -0.550. The minimum Gasteiger partial charge on any atom is -0.442 e. The molecule has 3 heterocycles. The Bertz CT molecular complexity index is 853. The number of carbonyl (C=O) groups excluding carboxylic acids is 4. The van der Waals surface area contributed by atoms with Gasteiger partial charge < -0.3 is 35.4 Å². The Balaban J connectivity index is 1.86. The van der Waals surface area contributed by atoms with Crippen LogP contribution in [0.1, 0.15) is 67.2 Å². The minimum atomic E-state index is -0.772. The largest absolute Gasteiger partial charge is 0.442 e. The van der Waals surface area contributed by atoms with E-state index >= 15 is 0 Å². The number of urea groups is 1. The summed E-state index contributed by atoms with van der Waals surface area (Å²) in [5, 5.41) is 8.78. The second kappa shape index (κ2) is 11.9. The van der Waals surface area contributed by atoms with Crippen molar-refractivity contribution in [2.24, 2.45) is 5.41 Å². The van der Waals surface area contributed by atoms with Crippen molar-refractivity contribution in [1.29, 1.82) is 0 Å². The fourth-order valence-electron chi connectivity index (χ4n) is 5.45. The average molecular weight is 523 g/mol. The zero-order chi connectivity index (χ0) is 27.5. The van der Waals surface area contributed by atoms with Crippen molar-refractivity contribution < 1.29 is 23.9 Å². The molecule has 11 heteroatoms. The van der Waals surface area contributed by atoms with E-state index in [0.717, 1.165) is 19.3 Å². The van der Waals surface area contributed by atoms with Gasteiger partial charge in [0, 0.05) is 25.7 Å². The first kappa shape index (κ1) is 29.0. The van der Waals surface area contributed by atoms with E-state index in [0.29, 0.717) is 26.1 Å². The quantitative estimate of drug-likeness (QED) is 0.486. The number of rotatable bonds is 6. The summed E-state index contributed by atoms with van der Waals surface area (Å²) in [7, 11) is 1.69. The number of fused-ring (bicyclic) bond motifs is 1. The molecule has 0 saturated carbocycles. The van der Waals surface area contributed by atoms with Gasteiger partial charge in [-0.2, -0.15) is 0 Å². The monoisotopic (exact) mass is 522 g/mol. The van der Waals surface area contributed by atoms with Crippen LogP contribution in [0, 0.1) is 5.41 Å². The van der Waals surface area contributed by atoms with Gasteiger partial charge in [-0.05, 0) is 58.9 Å². The molecule has 5 unspecified atom stereocenters. The molecule has 3 saturated heterocycles. The summed E-state index contributed by atoms with van der Waals surface area (Å²) in [5.74, 6) is -0.481. The number of piperidine rings is 1. The number of hydrogen-bond donors (Lipinski definition) is 3. The fourth-order valence-corrected chi connectivity index (χ4v) is 5.45. The van der Waals surface area contributed by atoms with Crippen molar-refractivity contribution in [1.82, 2.24) is 30.7 Å². The molecule has 3 rings (SSSR count). The SMILES string of the molecule is CNC(C)C(=O)NC(C(=O)N1CCC2C1C(OC(=O)N1CCCCC1)CN2C(=O)NC(C)C)C(C)(C)C. The number of amides is 5. The summed E-state index contributed by atoms with van der Waals surface area (Å²) in [6.07, 6.45) is 2.52. The van der Waals surface area contributed by atoms with Crippen LogP contribution in [-0.4, -0.2) is 108 Å². The summed E-state index contributed by atoms with van der Waals surface area (Å²) in [6.45, 7) is 13.2. The maximum absolute atomic E-state index is 14.0. The highest BCUT2D eigenvalue weighted by Crippen LogP contribution is 2.36. The lowest BCUT2D eigenvalue weighted by Crippen LogP contribution is -2.59. The molecule has 11 nitrogen and oxygen atoms in total. The number of ether oxygens (including phenoxy) is 1. The molecule has 3 N–H and O–H groups in total. The maximum atomic E-state index is 14.0. The summed E-state index contributed by atoms with van der Waals surface area (Å²) in [4.78, 5) is 58.0. The van der Waals surface area contributed by atoms with Crippen LogP contribution in [0.15, 0.2) is 0 Å². The van der Waals surface area contributed by atoms with Crippen molar-refractivity contribution >= 4 is 23.9 Å².